The van der Waals surface area contributed by atoms with Crippen LogP contribution in [0.15, 0.2) is 60.9 Å². The Hall–Kier alpha value is -3.32. The van der Waals surface area contributed by atoms with Crippen molar-refractivity contribution in [2.75, 3.05) is 37.6 Å². The summed E-state index contributed by atoms with van der Waals surface area (Å²) in [5.74, 6) is -0.350. The van der Waals surface area contributed by atoms with Gasteiger partial charge in [0.15, 0.2) is 0 Å². The second-order valence-electron chi connectivity index (χ2n) is 7.54. The van der Waals surface area contributed by atoms with Gasteiger partial charge in [0.25, 0.3) is 5.91 Å². The maximum atomic E-state index is 12.5. The van der Waals surface area contributed by atoms with E-state index in [2.05, 4.69) is 15.3 Å². The van der Waals surface area contributed by atoms with Crippen LogP contribution in [0.4, 0.5) is 5.69 Å². The molecule has 4 rings (SSSR count). The van der Waals surface area contributed by atoms with Gasteiger partial charge in [-0.05, 0) is 55.0 Å². The highest BCUT2D eigenvalue weighted by Gasteiger charge is 2.21. The number of amides is 2. The maximum Gasteiger partial charge on any atom is 0.251 e. The second-order valence-corrected chi connectivity index (χ2v) is 7.98. The lowest BCUT2D eigenvalue weighted by Crippen LogP contribution is -2.51. The lowest BCUT2D eigenvalue weighted by molar-refractivity contribution is -0.130. The molecule has 8 heteroatoms. The van der Waals surface area contributed by atoms with Crippen LogP contribution in [0.1, 0.15) is 15.9 Å². The van der Waals surface area contributed by atoms with E-state index in [1.54, 1.807) is 27.9 Å². The highest BCUT2D eigenvalue weighted by Crippen LogP contribution is 2.20. The van der Waals surface area contributed by atoms with Gasteiger partial charge < -0.3 is 15.1 Å². The van der Waals surface area contributed by atoms with Crippen molar-refractivity contribution in [3.63, 3.8) is 0 Å². The average Bonchev–Trinajstić information content (AvgIpc) is 3.24. The number of anilines is 1. The molecule has 1 saturated heterocycles. The minimum atomic E-state index is -0.269. The summed E-state index contributed by atoms with van der Waals surface area (Å²) >= 11 is 6.07. The first kappa shape index (κ1) is 20.9. The van der Waals surface area contributed by atoms with Crippen LogP contribution < -0.4 is 10.2 Å². The number of aromatic nitrogens is 2. The lowest BCUT2D eigenvalue weighted by atomic mass is 10.2. The Morgan fingerprint density at radius 3 is 2.42 bits per heavy atom. The van der Waals surface area contributed by atoms with Gasteiger partial charge in [0.05, 0.1) is 18.4 Å². The van der Waals surface area contributed by atoms with Gasteiger partial charge >= 0.3 is 0 Å². The zero-order valence-electron chi connectivity index (χ0n) is 17.3. The van der Waals surface area contributed by atoms with Crippen molar-refractivity contribution >= 4 is 29.1 Å². The van der Waals surface area contributed by atoms with Gasteiger partial charge in [0, 0.05) is 48.6 Å². The topological polar surface area (TPSA) is 70.5 Å². The standard InChI is InChI=1S/C23H24ClN5O2/c1-17-14-26-29(16-17)20-7-5-18(6-8-20)23(31)25-15-22(30)28-11-9-27(10-12-28)21-4-2-3-19(24)13-21/h2-8,13-14,16H,9-12,15H2,1H3,(H,25,31). The number of benzene rings is 2. The Balaban J connectivity index is 1.26. The number of carbonyl (C=O) groups is 2. The zero-order chi connectivity index (χ0) is 21.8. The summed E-state index contributed by atoms with van der Waals surface area (Å²) < 4.78 is 1.75. The number of nitrogens with one attached hydrogen (secondary N) is 1. The van der Waals surface area contributed by atoms with Crippen molar-refractivity contribution < 1.29 is 9.59 Å². The van der Waals surface area contributed by atoms with Crippen LogP contribution in [0, 0.1) is 6.92 Å². The van der Waals surface area contributed by atoms with E-state index in [9.17, 15) is 9.59 Å². The molecule has 31 heavy (non-hydrogen) atoms. The van der Waals surface area contributed by atoms with Crippen LogP contribution in [0.5, 0.6) is 0 Å². The normalized spacial score (nSPS) is 13.9. The fourth-order valence-corrected chi connectivity index (χ4v) is 3.76. The minimum Gasteiger partial charge on any atom is -0.368 e. The van der Waals surface area contributed by atoms with E-state index in [0.717, 1.165) is 30.0 Å². The van der Waals surface area contributed by atoms with Crippen molar-refractivity contribution in [2.24, 2.45) is 0 Å². The van der Waals surface area contributed by atoms with Crippen LogP contribution >= 0.6 is 11.6 Å². The molecule has 2 aromatic carbocycles. The van der Waals surface area contributed by atoms with Gasteiger partial charge in [0.2, 0.25) is 5.91 Å². The van der Waals surface area contributed by atoms with E-state index >= 15 is 0 Å². The number of nitrogens with zero attached hydrogens (tertiary/aromatic N) is 4. The summed E-state index contributed by atoms with van der Waals surface area (Å²) in [5.41, 5.74) is 3.50. The number of piperazine rings is 1. The van der Waals surface area contributed by atoms with Crippen molar-refractivity contribution in [2.45, 2.75) is 6.92 Å². The molecule has 2 amide bonds. The third kappa shape index (κ3) is 5.06. The van der Waals surface area contributed by atoms with Gasteiger partial charge in [-0.1, -0.05) is 17.7 Å². The minimum absolute atomic E-state index is 0.0178. The molecule has 160 valence electrons. The predicted octanol–water partition coefficient (Wildman–Crippen LogP) is 2.91. The van der Waals surface area contributed by atoms with E-state index in [1.165, 1.54) is 0 Å². The smallest absolute Gasteiger partial charge is 0.251 e. The van der Waals surface area contributed by atoms with Gasteiger partial charge in [0.1, 0.15) is 0 Å². The average molecular weight is 438 g/mol. The van der Waals surface area contributed by atoms with Crippen LogP contribution in [0.3, 0.4) is 0 Å². The molecule has 1 fully saturated rings. The number of rotatable bonds is 5. The summed E-state index contributed by atoms with van der Waals surface area (Å²) in [6.07, 6.45) is 3.70. The monoisotopic (exact) mass is 437 g/mol. The van der Waals surface area contributed by atoms with E-state index in [0.29, 0.717) is 23.7 Å². The Morgan fingerprint density at radius 1 is 1.03 bits per heavy atom. The molecule has 0 aliphatic carbocycles. The van der Waals surface area contributed by atoms with Crippen LogP contribution in [0.25, 0.3) is 5.69 Å². The summed E-state index contributed by atoms with van der Waals surface area (Å²) in [6, 6.07) is 14.8. The van der Waals surface area contributed by atoms with E-state index in [-0.39, 0.29) is 18.4 Å². The third-order valence-corrected chi connectivity index (χ3v) is 5.55. The van der Waals surface area contributed by atoms with Gasteiger partial charge in [-0.25, -0.2) is 4.68 Å². The molecular weight excluding hydrogens is 414 g/mol. The quantitative estimate of drug-likeness (QED) is 0.666. The molecule has 0 saturated carbocycles. The van der Waals surface area contributed by atoms with Crippen molar-refractivity contribution in [1.82, 2.24) is 20.0 Å². The zero-order valence-corrected chi connectivity index (χ0v) is 18.0. The number of carbonyl (C=O) groups excluding carboxylic acids is 2. The Kier molecular flexibility index (Phi) is 6.23. The fourth-order valence-electron chi connectivity index (χ4n) is 3.58. The number of hydrogen-bond acceptors (Lipinski definition) is 4. The Labute approximate surface area is 186 Å². The van der Waals surface area contributed by atoms with Gasteiger partial charge in [-0.3, -0.25) is 9.59 Å². The van der Waals surface area contributed by atoms with E-state index in [1.807, 2.05) is 49.5 Å². The summed E-state index contributed by atoms with van der Waals surface area (Å²) in [7, 11) is 0. The van der Waals surface area contributed by atoms with Gasteiger partial charge in [-0.2, -0.15) is 5.10 Å². The first-order chi connectivity index (χ1) is 15.0. The maximum absolute atomic E-state index is 12.5. The molecule has 0 bridgehead atoms. The van der Waals surface area contributed by atoms with Crippen LogP contribution in [-0.4, -0.2) is 59.2 Å². The molecule has 0 atom stereocenters. The SMILES string of the molecule is Cc1cnn(-c2ccc(C(=O)NCC(=O)N3CCN(c4cccc(Cl)c4)CC3)cc2)c1. The van der Waals surface area contributed by atoms with Gasteiger partial charge in [-0.15, -0.1) is 0 Å². The van der Waals surface area contributed by atoms with Crippen molar-refractivity contribution in [3.05, 3.63) is 77.1 Å². The Morgan fingerprint density at radius 2 is 1.77 bits per heavy atom. The molecule has 1 aliphatic rings. The molecule has 1 aliphatic heterocycles. The number of hydrogen-bond donors (Lipinski definition) is 1. The Bertz CT molecular complexity index is 1070. The molecule has 2 heterocycles. The molecule has 0 unspecified atom stereocenters. The fraction of sp³-hybridized carbons (Fsp3) is 0.261. The highest BCUT2D eigenvalue weighted by atomic mass is 35.5. The summed E-state index contributed by atoms with van der Waals surface area (Å²) in [4.78, 5) is 28.9. The van der Waals surface area contributed by atoms with Crippen molar-refractivity contribution in [3.8, 4) is 5.69 Å². The molecule has 0 radical (unpaired) electrons. The molecule has 1 aromatic heterocycles. The first-order valence-electron chi connectivity index (χ1n) is 10.2. The molecule has 1 N–H and O–H groups in total. The molecule has 7 nitrogen and oxygen atoms in total. The van der Waals surface area contributed by atoms with Crippen LogP contribution in [-0.2, 0) is 4.79 Å². The number of aryl methyl sites for hydroxylation is 1. The summed E-state index contributed by atoms with van der Waals surface area (Å²) in [6.45, 7) is 4.64. The predicted molar refractivity (Wildman–Crippen MR) is 121 cm³/mol. The van der Waals surface area contributed by atoms with Crippen molar-refractivity contribution in [1.29, 1.82) is 0 Å². The molecule has 3 aromatic rings. The largest absolute Gasteiger partial charge is 0.368 e. The molecular formula is C23H24ClN5O2. The lowest BCUT2D eigenvalue weighted by Gasteiger charge is -2.36. The van der Waals surface area contributed by atoms with E-state index < -0.39 is 0 Å². The first-order valence-corrected chi connectivity index (χ1v) is 10.6. The van der Waals surface area contributed by atoms with E-state index in [4.69, 9.17) is 11.6 Å². The molecule has 0 spiro atoms. The second kappa shape index (κ2) is 9.22. The third-order valence-electron chi connectivity index (χ3n) is 5.31. The number of halogens is 1. The highest BCUT2D eigenvalue weighted by molar-refractivity contribution is 6.30. The van der Waals surface area contributed by atoms with Crippen LogP contribution in [0.2, 0.25) is 5.02 Å². The summed E-state index contributed by atoms with van der Waals surface area (Å²) in [5, 5.41) is 7.68.